The third-order valence-corrected chi connectivity index (χ3v) is 6.22. The van der Waals surface area contributed by atoms with E-state index in [0.717, 1.165) is 12.5 Å². The second kappa shape index (κ2) is 6.60. The van der Waals surface area contributed by atoms with Crippen LogP contribution in [0.2, 0.25) is 0 Å². The Morgan fingerprint density at radius 3 is 2.58 bits per heavy atom. The fraction of sp³-hybridized carbons (Fsp3) is 0.455. The van der Waals surface area contributed by atoms with E-state index in [-0.39, 0.29) is 0 Å². The molecule has 2 unspecified atom stereocenters. The van der Waals surface area contributed by atoms with Crippen LogP contribution in [0.1, 0.15) is 43.2 Å². The SMILES string of the molecule is Oc1ccc(C23CCCC(C2)N(CCc2ccccc2)CC3)cc1. The Morgan fingerprint density at radius 1 is 1.00 bits per heavy atom. The molecule has 0 radical (unpaired) electrons. The van der Waals surface area contributed by atoms with Crippen LogP contribution in [0, 0.1) is 0 Å². The third kappa shape index (κ3) is 3.08. The van der Waals surface area contributed by atoms with Crippen LogP contribution in [0.15, 0.2) is 54.6 Å². The summed E-state index contributed by atoms with van der Waals surface area (Å²) in [5.74, 6) is 0.378. The maximum atomic E-state index is 9.59. The summed E-state index contributed by atoms with van der Waals surface area (Å²) >= 11 is 0. The first-order chi connectivity index (χ1) is 11.8. The van der Waals surface area contributed by atoms with Crippen molar-refractivity contribution in [1.29, 1.82) is 0 Å². The summed E-state index contributed by atoms with van der Waals surface area (Å²) < 4.78 is 0. The lowest BCUT2D eigenvalue weighted by Crippen LogP contribution is -2.52. The maximum absolute atomic E-state index is 9.59. The molecule has 24 heavy (non-hydrogen) atoms. The lowest BCUT2D eigenvalue weighted by atomic mass is 9.63. The van der Waals surface area contributed by atoms with Gasteiger partial charge >= 0.3 is 0 Å². The molecule has 0 aromatic heterocycles. The van der Waals surface area contributed by atoms with Gasteiger partial charge < -0.3 is 5.11 Å². The molecule has 2 heteroatoms. The summed E-state index contributed by atoms with van der Waals surface area (Å²) in [6.45, 7) is 2.39. The number of likely N-dealkylation sites (tertiary alicyclic amines) is 1. The fourth-order valence-electron chi connectivity index (χ4n) is 4.84. The van der Waals surface area contributed by atoms with Crippen LogP contribution in [0.3, 0.4) is 0 Å². The van der Waals surface area contributed by atoms with Crippen molar-refractivity contribution in [3.63, 3.8) is 0 Å². The molecule has 1 aliphatic carbocycles. The lowest BCUT2D eigenvalue weighted by molar-refractivity contribution is 0.0525. The van der Waals surface area contributed by atoms with Crippen LogP contribution >= 0.6 is 0 Å². The average molecular weight is 321 g/mol. The topological polar surface area (TPSA) is 23.5 Å². The number of phenols is 1. The van der Waals surface area contributed by atoms with Gasteiger partial charge in [0, 0.05) is 12.6 Å². The van der Waals surface area contributed by atoms with Crippen molar-refractivity contribution in [2.75, 3.05) is 13.1 Å². The molecule has 2 aromatic carbocycles. The number of benzene rings is 2. The first-order valence-corrected chi connectivity index (χ1v) is 9.33. The van der Waals surface area contributed by atoms with Crippen molar-refractivity contribution in [1.82, 2.24) is 4.90 Å². The van der Waals surface area contributed by atoms with Gasteiger partial charge in [-0.25, -0.2) is 0 Å². The molecule has 1 saturated carbocycles. The highest BCUT2D eigenvalue weighted by Crippen LogP contribution is 2.47. The Morgan fingerprint density at radius 2 is 1.79 bits per heavy atom. The van der Waals surface area contributed by atoms with Crippen LogP contribution in [0.4, 0.5) is 0 Å². The highest BCUT2D eigenvalue weighted by atomic mass is 16.3. The zero-order valence-corrected chi connectivity index (χ0v) is 14.3. The summed E-state index contributed by atoms with van der Waals surface area (Å²) in [6, 6.07) is 19.6. The van der Waals surface area contributed by atoms with Crippen LogP contribution in [-0.4, -0.2) is 29.1 Å². The number of nitrogens with zero attached hydrogens (tertiary/aromatic N) is 1. The van der Waals surface area contributed by atoms with Crippen molar-refractivity contribution in [3.8, 4) is 5.75 Å². The summed E-state index contributed by atoms with van der Waals surface area (Å²) in [6.07, 6.45) is 7.67. The summed E-state index contributed by atoms with van der Waals surface area (Å²) in [4.78, 5) is 2.73. The van der Waals surface area contributed by atoms with Crippen molar-refractivity contribution in [2.45, 2.75) is 50.0 Å². The van der Waals surface area contributed by atoms with Crippen molar-refractivity contribution < 1.29 is 5.11 Å². The fourth-order valence-corrected chi connectivity index (χ4v) is 4.84. The van der Waals surface area contributed by atoms with Gasteiger partial charge in [-0.2, -0.15) is 0 Å². The van der Waals surface area contributed by atoms with Gasteiger partial charge in [0.25, 0.3) is 0 Å². The highest BCUT2D eigenvalue weighted by molar-refractivity contribution is 5.33. The second-order valence-corrected chi connectivity index (χ2v) is 7.60. The van der Waals surface area contributed by atoms with Gasteiger partial charge in [-0.3, -0.25) is 4.90 Å². The average Bonchev–Trinajstić information content (AvgIpc) is 2.63. The van der Waals surface area contributed by atoms with E-state index in [1.54, 1.807) is 0 Å². The largest absolute Gasteiger partial charge is 0.508 e. The van der Waals surface area contributed by atoms with Crippen molar-refractivity contribution in [3.05, 3.63) is 65.7 Å². The molecule has 0 amide bonds. The zero-order chi connectivity index (χ0) is 16.4. The molecule has 0 spiro atoms. The van der Waals surface area contributed by atoms with Crippen LogP contribution in [-0.2, 0) is 11.8 Å². The normalized spacial score (nSPS) is 27.1. The number of rotatable bonds is 4. The molecule has 1 N–H and O–H groups in total. The number of phenolic OH excluding ortho intramolecular Hbond substituents is 1. The predicted molar refractivity (Wildman–Crippen MR) is 98.4 cm³/mol. The highest BCUT2D eigenvalue weighted by Gasteiger charge is 2.43. The first kappa shape index (κ1) is 15.7. The van der Waals surface area contributed by atoms with Crippen LogP contribution in [0.5, 0.6) is 5.75 Å². The van der Waals surface area contributed by atoms with Gasteiger partial charge in [0.15, 0.2) is 0 Å². The Bertz CT molecular complexity index is 666. The summed E-state index contributed by atoms with van der Waals surface area (Å²) in [5.41, 5.74) is 3.23. The molecular weight excluding hydrogens is 294 g/mol. The van der Waals surface area contributed by atoms with Gasteiger partial charge in [-0.1, -0.05) is 48.9 Å². The number of piperidine rings is 1. The quantitative estimate of drug-likeness (QED) is 0.895. The minimum Gasteiger partial charge on any atom is -0.508 e. The Hall–Kier alpha value is -1.80. The molecule has 126 valence electrons. The third-order valence-electron chi connectivity index (χ3n) is 6.22. The minimum atomic E-state index is 0.347. The number of hydrogen-bond acceptors (Lipinski definition) is 2. The Balaban J connectivity index is 1.45. The first-order valence-electron chi connectivity index (χ1n) is 9.33. The van der Waals surface area contributed by atoms with Crippen molar-refractivity contribution in [2.24, 2.45) is 0 Å². The van der Waals surface area contributed by atoms with E-state index in [0.29, 0.717) is 11.2 Å². The van der Waals surface area contributed by atoms with Gasteiger partial charge in [0.1, 0.15) is 5.75 Å². The second-order valence-electron chi connectivity index (χ2n) is 7.60. The molecule has 2 fully saturated rings. The Kier molecular flexibility index (Phi) is 4.32. The van der Waals surface area contributed by atoms with Gasteiger partial charge in [-0.05, 0) is 67.3 Å². The van der Waals surface area contributed by atoms with E-state index >= 15 is 0 Å². The van der Waals surface area contributed by atoms with Gasteiger partial charge in [0.05, 0.1) is 0 Å². The van der Waals surface area contributed by atoms with Crippen LogP contribution < -0.4 is 0 Å². The van der Waals surface area contributed by atoms with Gasteiger partial charge in [0.2, 0.25) is 0 Å². The van der Waals surface area contributed by atoms with E-state index in [2.05, 4.69) is 47.4 Å². The monoisotopic (exact) mass is 321 g/mol. The number of fused-ring (bicyclic) bond motifs is 2. The molecule has 1 saturated heterocycles. The van der Waals surface area contributed by atoms with Crippen LogP contribution in [0.25, 0.3) is 0 Å². The Labute approximate surface area is 145 Å². The van der Waals surface area contributed by atoms with E-state index in [1.807, 2.05) is 12.1 Å². The predicted octanol–water partition coefficient (Wildman–Crippen LogP) is 4.52. The number of hydrogen-bond donors (Lipinski definition) is 1. The van der Waals surface area contributed by atoms with E-state index in [1.165, 1.54) is 56.3 Å². The van der Waals surface area contributed by atoms with Gasteiger partial charge in [-0.15, -0.1) is 0 Å². The molecule has 2 aromatic rings. The molecule has 1 heterocycles. The summed E-state index contributed by atoms with van der Waals surface area (Å²) in [7, 11) is 0. The molecule has 2 atom stereocenters. The van der Waals surface area contributed by atoms with E-state index < -0.39 is 0 Å². The van der Waals surface area contributed by atoms with E-state index in [4.69, 9.17) is 0 Å². The standard InChI is InChI=1S/C22H27NO/c24-21-10-8-19(9-11-21)22-13-4-7-20(17-22)23(16-14-22)15-12-18-5-2-1-3-6-18/h1-3,5-6,8-11,20,24H,4,7,12-17H2. The lowest BCUT2D eigenvalue weighted by Gasteiger charge is -2.51. The number of aromatic hydroxyl groups is 1. The molecule has 2 bridgehead atoms. The summed E-state index contributed by atoms with van der Waals surface area (Å²) in [5, 5.41) is 9.59. The molecule has 2 aliphatic rings. The van der Waals surface area contributed by atoms with Crippen molar-refractivity contribution >= 4 is 0 Å². The molecular formula is C22H27NO. The maximum Gasteiger partial charge on any atom is 0.115 e. The minimum absolute atomic E-state index is 0.347. The van der Waals surface area contributed by atoms with E-state index in [9.17, 15) is 5.11 Å². The molecule has 2 nitrogen and oxygen atoms in total. The molecule has 4 rings (SSSR count). The molecule has 1 aliphatic heterocycles. The zero-order valence-electron chi connectivity index (χ0n) is 14.3. The smallest absolute Gasteiger partial charge is 0.115 e.